The third-order valence-corrected chi connectivity index (χ3v) is 4.48. The van der Waals surface area contributed by atoms with Crippen molar-refractivity contribution in [1.82, 2.24) is 14.8 Å². The number of rotatable bonds is 4. The number of likely N-dealkylation sites (tertiary alicyclic amines) is 2. The fourth-order valence-corrected chi connectivity index (χ4v) is 3.40. The molecule has 0 saturated carbocycles. The van der Waals surface area contributed by atoms with Crippen molar-refractivity contribution < 1.29 is 0 Å². The Hall–Kier alpha value is -0.970. The van der Waals surface area contributed by atoms with Crippen molar-refractivity contribution in [3.8, 4) is 0 Å². The maximum atomic E-state index is 5.76. The summed E-state index contributed by atoms with van der Waals surface area (Å²) in [4.78, 5) is 9.60. The highest BCUT2D eigenvalue weighted by Crippen LogP contribution is 2.22. The van der Waals surface area contributed by atoms with Crippen LogP contribution in [-0.4, -0.2) is 47.0 Å². The second kappa shape index (κ2) is 5.99. The van der Waals surface area contributed by atoms with Crippen LogP contribution in [0.15, 0.2) is 18.3 Å². The predicted molar refractivity (Wildman–Crippen MR) is 76.6 cm³/mol. The number of nitrogens with two attached hydrogens (primary N) is 1. The molecule has 0 bridgehead atoms. The van der Waals surface area contributed by atoms with Crippen molar-refractivity contribution in [2.75, 3.05) is 26.2 Å². The van der Waals surface area contributed by atoms with E-state index in [0.29, 0.717) is 6.54 Å². The van der Waals surface area contributed by atoms with E-state index in [-0.39, 0.29) is 0 Å². The average Bonchev–Trinajstić information content (AvgIpc) is 3.09. The Morgan fingerprint density at radius 2 is 2.11 bits per heavy atom. The molecule has 2 fully saturated rings. The second-order valence-electron chi connectivity index (χ2n) is 5.73. The Morgan fingerprint density at radius 3 is 2.89 bits per heavy atom. The minimum atomic E-state index is 0.541. The summed E-state index contributed by atoms with van der Waals surface area (Å²) in [7, 11) is 0. The highest BCUT2D eigenvalue weighted by molar-refractivity contribution is 5.19. The third-order valence-electron chi connectivity index (χ3n) is 4.48. The van der Waals surface area contributed by atoms with Gasteiger partial charge in [-0.3, -0.25) is 14.8 Å². The summed E-state index contributed by atoms with van der Waals surface area (Å²) in [6.07, 6.45) is 5.92. The van der Waals surface area contributed by atoms with Crippen LogP contribution in [0.3, 0.4) is 0 Å². The van der Waals surface area contributed by atoms with Gasteiger partial charge in [0, 0.05) is 38.4 Å². The molecule has 2 aliphatic heterocycles. The topological polar surface area (TPSA) is 45.4 Å². The average molecular weight is 260 g/mol. The van der Waals surface area contributed by atoms with E-state index >= 15 is 0 Å². The Labute approximate surface area is 115 Å². The van der Waals surface area contributed by atoms with E-state index in [2.05, 4.69) is 20.9 Å². The molecule has 4 nitrogen and oxygen atoms in total. The number of nitrogens with zero attached hydrogens (tertiary/aromatic N) is 3. The van der Waals surface area contributed by atoms with Gasteiger partial charge in [-0.15, -0.1) is 0 Å². The molecule has 1 aromatic heterocycles. The normalized spacial score (nSPS) is 25.2. The van der Waals surface area contributed by atoms with Gasteiger partial charge in [0.15, 0.2) is 0 Å². The molecule has 1 atom stereocenters. The zero-order valence-corrected chi connectivity index (χ0v) is 11.6. The lowest BCUT2D eigenvalue weighted by Crippen LogP contribution is -2.35. The summed E-state index contributed by atoms with van der Waals surface area (Å²) in [5, 5.41) is 0. The van der Waals surface area contributed by atoms with Gasteiger partial charge in [0.2, 0.25) is 0 Å². The Kier molecular flexibility index (Phi) is 4.11. The zero-order chi connectivity index (χ0) is 13.1. The standard InChI is InChI=1S/C15H24N4/c16-10-15-13(4-3-6-17-15)11-18-9-5-14(12-18)19-7-1-2-8-19/h3-4,6,14H,1-2,5,7-12,16H2. The smallest absolute Gasteiger partial charge is 0.0584 e. The number of aromatic nitrogens is 1. The fraction of sp³-hybridized carbons (Fsp3) is 0.667. The SMILES string of the molecule is NCc1ncccc1CN1CCC(N2CCCC2)C1. The van der Waals surface area contributed by atoms with Crippen LogP contribution in [0.1, 0.15) is 30.5 Å². The van der Waals surface area contributed by atoms with Gasteiger partial charge in [-0.25, -0.2) is 0 Å². The van der Waals surface area contributed by atoms with E-state index in [1.165, 1.54) is 51.0 Å². The molecule has 2 saturated heterocycles. The van der Waals surface area contributed by atoms with E-state index in [1.54, 1.807) is 0 Å². The summed E-state index contributed by atoms with van der Waals surface area (Å²) in [5.41, 5.74) is 8.11. The van der Waals surface area contributed by atoms with E-state index < -0.39 is 0 Å². The Balaban J connectivity index is 1.59. The predicted octanol–water partition coefficient (Wildman–Crippen LogP) is 1.21. The molecule has 1 unspecified atom stereocenters. The van der Waals surface area contributed by atoms with Crippen molar-refractivity contribution in [2.24, 2.45) is 5.73 Å². The first-order chi connectivity index (χ1) is 9.36. The van der Waals surface area contributed by atoms with Crippen LogP contribution in [0.4, 0.5) is 0 Å². The Morgan fingerprint density at radius 1 is 1.26 bits per heavy atom. The molecule has 2 N–H and O–H groups in total. The molecule has 2 aliphatic rings. The van der Waals surface area contributed by atoms with E-state index in [0.717, 1.165) is 18.3 Å². The largest absolute Gasteiger partial charge is 0.325 e. The van der Waals surface area contributed by atoms with Gasteiger partial charge in [0.1, 0.15) is 0 Å². The molecule has 3 heterocycles. The quantitative estimate of drug-likeness (QED) is 0.884. The van der Waals surface area contributed by atoms with Gasteiger partial charge in [-0.2, -0.15) is 0 Å². The van der Waals surface area contributed by atoms with Crippen LogP contribution >= 0.6 is 0 Å². The lowest BCUT2D eigenvalue weighted by atomic mass is 10.2. The molecule has 0 radical (unpaired) electrons. The molecule has 0 aliphatic carbocycles. The van der Waals surface area contributed by atoms with Crippen LogP contribution in [-0.2, 0) is 13.1 Å². The fourth-order valence-electron chi connectivity index (χ4n) is 3.40. The molecule has 104 valence electrons. The molecule has 0 spiro atoms. The highest BCUT2D eigenvalue weighted by atomic mass is 15.3. The van der Waals surface area contributed by atoms with Crippen LogP contribution in [0.2, 0.25) is 0 Å². The van der Waals surface area contributed by atoms with Crippen molar-refractivity contribution in [3.63, 3.8) is 0 Å². The molecular weight excluding hydrogens is 236 g/mol. The minimum Gasteiger partial charge on any atom is -0.325 e. The van der Waals surface area contributed by atoms with Crippen LogP contribution in [0.25, 0.3) is 0 Å². The maximum Gasteiger partial charge on any atom is 0.0584 e. The molecule has 19 heavy (non-hydrogen) atoms. The lowest BCUT2D eigenvalue weighted by Gasteiger charge is -2.24. The van der Waals surface area contributed by atoms with E-state index in [1.807, 2.05) is 12.3 Å². The van der Waals surface area contributed by atoms with Crippen LogP contribution < -0.4 is 5.73 Å². The van der Waals surface area contributed by atoms with E-state index in [4.69, 9.17) is 5.73 Å². The molecule has 4 heteroatoms. The highest BCUT2D eigenvalue weighted by Gasteiger charge is 2.29. The monoisotopic (exact) mass is 260 g/mol. The van der Waals surface area contributed by atoms with Crippen molar-refractivity contribution in [1.29, 1.82) is 0 Å². The van der Waals surface area contributed by atoms with Crippen molar-refractivity contribution in [2.45, 2.75) is 38.4 Å². The minimum absolute atomic E-state index is 0.541. The van der Waals surface area contributed by atoms with Crippen LogP contribution in [0, 0.1) is 0 Å². The molecule has 3 rings (SSSR count). The van der Waals surface area contributed by atoms with Crippen molar-refractivity contribution in [3.05, 3.63) is 29.6 Å². The summed E-state index contributed by atoms with van der Waals surface area (Å²) in [6, 6.07) is 4.96. The first-order valence-electron chi connectivity index (χ1n) is 7.46. The summed E-state index contributed by atoms with van der Waals surface area (Å²) < 4.78 is 0. The number of pyridine rings is 1. The van der Waals surface area contributed by atoms with E-state index in [9.17, 15) is 0 Å². The maximum absolute atomic E-state index is 5.76. The lowest BCUT2D eigenvalue weighted by molar-refractivity contribution is 0.229. The third kappa shape index (κ3) is 2.96. The van der Waals surface area contributed by atoms with Gasteiger partial charge < -0.3 is 5.73 Å². The first kappa shape index (κ1) is 13.0. The molecule has 0 aromatic carbocycles. The van der Waals surface area contributed by atoms with Crippen molar-refractivity contribution >= 4 is 0 Å². The van der Waals surface area contributed by atoms with Gasteiger partial charge in [-0.05, 0) is 44.0 Å². The van der Waals surface area contributed by atoms with Gasteiger partial charge in [0.25, 0.3) is 0 Å². The van der Waals surface area contributed by atoms with Gasteiger partial charge in [-0.1, -0.05) is 6.07 Å². The number of hydrogen-bond acceptors (Lipinski definition) is 4. The number of hydrogen-bond donors (Lipinski definition) is 1. The van der Waals surface area contributed by atoms with Gasteiger partial charge >= 0.3 is 0 Å². The van der Waals surface area contributed by atoms with Gasteiger partial charge in [0.05, 0.1) is 5.69 Å². The summed E-state index contributed by atoms with van der Waals surface area (Å²) in [6.45, 7) is 6.57. The van der Waals surface area contributed by atoms with Crippen LogP contribution in [0.5, 0.6) is 0 Å². The second-order valence-corrected chi connectivity index (χ2v) is 5.73. The zero-order valence-electron chi connectivity index (χ0n) is 11.6. The molecule has 0 amide bonds. The molecular formula is C15H24N4. The Bertz CT molecular complexity index is 414. The molecule has 1 aromatic rings. The summed E-state index contributed by atoms with van der Waals surface area (Å²) >= 11 is 0. The summed E-state index contributed by atoms with van der Waals surface area (Å²) in [5.74, 6) is 0. The first-order valence-corrected chi connectivity index (χ1v) is 7.46.